The molecule has 1 N–H and O–H groups in total. The fourth-order valence-corrected chi connectivity index (χ4v) is 2.67. The van der Waals surface area contributed by atoms with Crippen molar-refractivity contribution in [1.82, 2.24) is 0 Å². The summed E-state index contributed by atoms with van der Waals surface area (Å²) in [4.78, 5) is 4.50. The lowest BCUT2D eigenvalue weighted by molar-refractivity contribution is 0.414. The van der Waals surface area contributed by atoms with Crippen LogP contribution in [0.2, 0.25) is 0 Å². The van der Waals surface area contributed by atoms with E-state index in [4.69, 9.17) is 4.74 Å². The molecule has 1 aromatic carbocycles. The van der Waals surface area contributed by atoms with Crippen molar-refractivity contribution in [1.29, 1.82) is 0 Å². The van der Waals surface area contributed by atoms with Gasteiger partial charge in [0, 0.05) is 10.9 Å². The van der Waals surface area contributed by atoms with Crippen LogP contribution in [-0.4, -0.2) is 24.1 Å². The number of methoxy groups -OCH3 is 1. The summed E-state index contributed by atoms with van der Waals surface area (Å²) in [6.07, 6.45) is 1.17. The van der Waals surface area contributed by atoms with E-state index in [1.807, 2.05) is 30.0 Å². The zero-order chi connectivity index (χ0) is 12.3. The minimum absolute atomic E-state index is 0.635. The van der Waals surface area contributed by atoms with Gasteiger partial charge in [0.05, 0.1) is 13.7 Å². The van der Waals surface area contributed by atoms with Crippen LogP contribution in [0.15, 0.2) is 23.2 Å². The van der Waals surface area contributed by atoms with Gasteiger partial charge in [-0.3, -0.25) is 4.99 Å². The molecule has 92 valence electrons. The second-order valence-electron chi connectivity index (χ2n) is 4.10. The quantitative estimate of drug-likeness (QED) is 0.893. The van der Waals surface area contributed by atoms with E-state index in [2.05, 4.69) is 24.2 Å². The maximum atomic E-state index is 5.19. The highest BCUT2D eigenvalue weighted by atomic mass is 32.2. The molecule has 4 heteroatoms. The van der Waals surface area contributed by atoms with Gasteiger partial charge in [-0.2, -0.15) is 0 Å². The first-order valence-electron chi connectivity index (χ1n) is 5.85. The molecule has 0 aromatic heterocycles. The summed E-state index contributed by atoms with van der Waals surface area (Å²) in [5.74, 6) is 0.889. The standard InChI is InChI=1S/C13H18N2OS/c1-4-11-8-14-13(17-11)15-12-6-5-10(16-3)7-9(12)2/h5-7,11H,4,8H2,1-3H3,(H,14,15). The van der Waals surface area contributed by atoms with Gasteiger partial charge in [-0.15, -0.1) is 0 Å². The molecule has 3 nitrogen and oxygen atoms in total. The van der Waals surface area contributed by atoms with Crippen LogP contribution in [0.25, 0.3) is 0 Å². The summed E-state index contributed by atoms with van der Waals surface area (Å²) >= 11 is 1.83. The highest BCUT2D eigenvalue weighted by molar-refractivity contribution is 8.15. The number of hydrogen-bond donors (Lipinski definition) is 1. The highest BCUT2D eigenvalue weighted by Crippen LogP contribution is 2.27. The summed E-state index contributed by atoms with van der Waals surface area (Å²) in [5, 5.41) is 5.05. The lowest BCUT2D eigenvalue weighted by Crippen LogP contribution is -2.08. The number of aliphatic imine (C=N–C) groups is 1. The van der Waals surface area contributed by atoms with Crippen LogP contribution in [0.1, 0.15) is 18.9 Å². The lowest BCUT2D eigenvalue weighted by Gasteiger charge is -2.11. The molecule has 0 radical (unpaired) electrons. The SMILES string of the molecule is CCC1CN=C(Nc2ccc(OC)cc2C)S1. The molecule has 0 fully saturated rings. The molecule has 1 unspecified atom stereocenters. The molecule has 0 amide bonds. The molecule has 0 saturated heterocycles. The molecule has 1 heterocycles. The summed E-state index contributed by atoms with van der Waals surface area (Å²) in [5.41, 5.74) is 2.28. The third-order valence-corrected chi connectivity index (χ3v) is 4.12. The predicted molar refractivity (Wildman–Crippen MR) is 75.3 cm³/mol. The molecule has 1 atom stereocenters. The molecule has 0 aliphatic carbocycles. The highest BCUT2D eigenvalue weighted by Gasteiger charge is 2.18. The van der Waals surface area contributed by atoms with Crippen molar-refractivity contribution in [3.8, 4) is 5.75 Å². The van der Waals surface area contributed by atoms with E-state index in [-0.39, 0.29) is 0 Å². The number of ether oxygens (including phenoxy) is 1. The van der Waals surface area contributed by atoms with Gasteiger partial charge < -0.3 is 10.1 Å². The Bertz CT molecular complexity index is 431. The van der Waals surface area contributed by atoms with Crippen molar-refractivity contribution in [2.24, 2.45) is 4.99 Å². The van der Waals surface area contributed by atoms with Crippen LogP contribution >= 0.6 is 11.8 Å². The fraction of sp³-hybridized carbons (Fsp3) is 0.462. The molecular weight excluding hydrogens is 232 g/mol. The van der Waals surface area contributed by atoms with Crippen LogP contribution in [-0.2, 0) is 0 Å². The minimum Gasteiger partial charge on any atom is -0.497 e. The number of aryl methyl sites for hydroxylation is 1. The second-order valence-corrected chi connectivity index (χ2v) is 5.39. The topological polar surface area (TPSA) is 33.6 Å². The number of rotatable bonds is 3. The first kappa shape index (κ1) is 12.3. The van der Waals surface area contributed by atoms with E-state index in [1.54, 1.807) is 7.11 Å². The van der Waals surface area contributed by atoms with Gasteiger partial charge in [0.25, 0.3) is 0 Å². The van der Waals surface area contributed by atoms with Gasteiger partial charge in [0.1, 0.15) is 5.75 Å². The monoisotopic (exact) mass is 250 g/mol. The van der Waals surface area contributed by atoms with E-state index in [0.717, 1.165) is 23.1 Å². The number of thioether (sulfide) groups is 1. The van der Waals surface area contributed by atoms with Crippen LogP contribution in [0.3, 0.4) is 0 Å². The van der Waals surface area contributed by atoms with E-state index in [9.17, 15) is 0 Å². The molecule has 1 aliphatic rings. The Morgan fingerprint density at radius 3 is 2.94 bits per heavy atom. The Morgan fingerprint density at radius 1 is 1.53 bits per heavy atom. The number of hydrogen-bond acceptors (Lipinski definition) is 4. The van der Waals surface area contributed by atoms with Crippen LogP contribution < -0.4 is 10.1 Å². The van der Waals surface area contributed by atoms with Gasteiger partial charge >= 0.3 is 0 Å². The van der Waals surface area contributed by atoms with Crippen LogP contribution in [0, 0.1) is 6.92 Å². The van der Waals surface area contributed by atoms with Crippen LogP contribution in [0.5, 0.6) is 5.75 Å². The van der Waals surface area contributed by atoms with Gasteiger partial charge in [-0.25, -0.2) is 0 Å². The van der Waals surface area contributed by atoms with Crippen molar-refractivity contribution in [2.45, 2.75) is 25.5 Å². The van der Waals surface area contributed by atoms with Crippen molar-refractivity contribution in [3.63, 3.8) is 0 Å². The van der Waals surface area contributed by atoms with E-state index in [1.165, 1.54) is 12.0 Å². The molecule has 0 bridgehead atoms. The third-order valence-electron chi connectivity index (χ3n) is 2.85. The smallest absolute Gasteiger partial charge is 0.161 e. The van der Waals surface area contributed by atoms with Crippen molar-refractivity contribution in [2.75, 3.05) is 19.0 Å². The molecule has 0 saturated carbocycles. The summed E-state index contributed by atoms with van der Waals surface area (Å²) < 4.78 is 5.19. The normalized spacial score (nSPS) is 19.0. The van der Waals surface area contributed by atoms with Gasteiger partial charge in [0.15, 0.2) is 5.17 Å². The van der Waals surface area contributed by atoms with Gasteiger partial charge in [0.2, 0.25) is 0 Å². The number of benzene rings is 1. The Kier molecular flexibility index (Phi) is 3.94. The van der Waals surface area contributed by atoms with Crippen molar-refractivity contribution in [3.05, 3.63) is 23.8 Å². The number of nitrogens with zero attached hydrogens (tertiary/aromatic N) is 1. The largest absolute Gasteiger partial charge is 0.497 e. The number of anilines is 1. The first-order valence-corrected chi connectivity index (χ1v) is 6.73. The first-order chi connectivity index (χ1) is 8.22. The molecule has 17 heavy (non-hydrogen) atoms. The summed E-state index contributed by atoms with van der Waals surface area (Å²) in [6, 6.07) is 6.03. The lowest BCUT2D eigenvalue weighted by atomic mass is 10.2. The Morgan fingerprint density at radius 2 is 2.35 bits per heavy atom. The Balaban J connectivity index is 2.04. The average Bonchev–Trinajstić information content (AvgIpc) is 2.79. The minimum atomic E-state index is 0.635. The Labute approximate surface area is 107 Å². The van der Waals surface area contributed by atoms with E-state index in [0.29, 0.717) is 5.25 Å². The van der Waals surface area contributed by atoms with Crippen molar-refractivity contribution >= 4 is 22.6 Å². The molecule has 0 spiro atoms. The Hall–Kier alpha value is -1.16. The average molecular weight is 250 g/mol. The molecule has 1 aliphatic heterocycles. The summed E-state index contributed by atoms with van der Waals surface area (Å²) in [6.45, 7) is 5.20. The number of amidine groups is 1. The molecule has 1 aromatic rings. The zero-order valence-corrected chi connectivity index (χ0v) is 11.3. The van der Waals surface area contributed by atoms with Gasteiger partial charge in [-0.1, -0.05) is 18.7 Å². The molecular formula is C13H18N2OS. The predicted octanol–water partition coefficient (Wildman–Crippen LogP) is 3.30. The fourth-order valence-electron chi connectivity index (χ4n) is 1.72. The zero-order valence-electron chi connectivity index (χ0n) is 10.5. The maximum absolute atomic E-state index is 5.19. The van der Waals surface area contributed by atoms with E-state index >= 15 is 0 Å². The third kappa shape index (κ3) is 2.94. The van der Waals surface area contributed by atoms with Crippen molar-refractivity contribution < 1.29 is 4.74 Å². The summed E-state index contributed by atoms with van der Waals surface area (Å²) in [7, 11) is 1.69. The van der Waals surface area contributed by atoms with Gasteiger partial charge in [-0.05, 0) is 37.1 Å². The maximum Gasteiger partial charge on any atom is 0.161 e. The number of nitrogens with one attached hydrogen (secondary N) is 1. The van der Waals surface area contributed by atoms with Crippen LogP contribution in [0.4, 0.5) is 5.69 Å². The molecule has 2 rings (SSSR count). The second kappa shape index (κ2) is 5.45. The van der Waals surface area contributed by atoms with E-state index < -0.39 is 0 Å².